The molecular weight excluding hydrogens is 306 g/mol. The highest BCUT2D eigenvalue weighted by Gasteiger charge is 2.15. The number of pyridine rings is 1. The summed E-state index contributed by atoms with van der Waals surface area (Å²) < 4.78 is 0. The van der Waals surface area contributed by atoms with E-state index < -0.39 is 0 Å². The average Bonchev–Trinajstić information content (AvgIpc) is 2.60. The van der Waals surface area contributed by atoms with Crippen LogP contribution in [0.1, 0.15) is 75.6 Å². The monoisotopic (exact) mass is 335 g/mol. The standard InChI is InChI=1S/C19H29NS2/c1-3-10-18(11-4-1)21-14-16-8-7-9-17(20-16)15-22-19-12-5-2-6-13-19/h7-9,18-19H,1-6,10-15H2. The van der Waals surface area contributed by atoms with Crippen LogP contribution in [0.2, 0.25) is 0 Å². The Kier molecular flexibility index (Phi) is 7.00. The lowest BCUT2D eigenvalue weighted by atomic mass is 10.0. The quantitative estimate of drug-likeness (QED) is 0.613. The van der Waals surface area contributed by atoms with Crippen LogP contribution in [0.25, 0.3) is 0 Å². The normalized spacial score (nSPS) is 21.1. The summed E-state index contributed by atoms with van der Waals surface area (Å²) >= 11 is 4.27. The average molecular weight is 336 g/mol. The van der Waals surface area contributed by atoms with E-state index >= 15 is 0 Å². The fraction of sp³-hybridized carbons (Fsp3) is 0.737. The highest BCUT2D eigenvalue weighted by molar-refractivity contribution is 7.99. The SMILES string of the molecule is c1cc(CSC2CCCCC2)nc(CSC2CCCCC2)c1. The topological polar surface area (TPSA) is 12.9 Å². The minimum absolute atomic E-state index is 0.885. The first kappa shape index (κ1) is 16.7. The van der Waals surface area contributed by atoms with Crippen molar-refractivity contribution in [2.75, 3.05) is 0 Å². The van der Waals surface area contributed by atoms with E-state index in [1.807, 2.05) is 0 Å². The molecule has 0 N–H and O–H groups in total. The summed E-state index contributed by atoms with van der Waals surface area (Å²) in [5, 5.41) is 1.77. The molecule has 1 aromatic heterocycles. The van der Waals surface area contributed by atoms with Gasteiger partial charge in [-0.1, -0.05) is 44.6 Å². The van der Waals surface area contributed by atoms with E-state index in [1.165, 1.54) is 75.6 Å². The molecule has 122 valence electrons. The molecule has 0 aromatic carbocycles. The van der Waals surface area contributed by atoms with Crippen LogP contribution in [0, 0.1) is 0 Å². The smallest absolute Gasteiger partial charge is 0.0506 e. The maximum absolute atomic E-state index is 4.90. The Morgan fingerprint density at radius 3 is 1.64 bits per heavy atom. The van der Waals surface area contributed by atoms with Crippen molar-refractivity contribution in [1.29, 1.82) is 0 Å². The highest BCUT2D eigenvalue weighted by Crippen LogP contribution is 2.31. The minimum Gasteiger partial charge on any atom is -0.256 e. The zero-order chi connectivity index (χ0) is 15.0. The maximum atomic E-state index is 4.90. The van der Waals surface area contributed by atoms with Gasteiger partial charge in [0.2, 0.25) is 0 Å². The second kappa shape index (κ2) is 9.22. The van der Waals surface area contributed by atoms with Crippen LogP contribution in [0.15, 0.2) is 18.2 Å². The number of nitrogens with zero attached hydrogens (tertiary/aromatic N) is 1. The number of rotatable bonds is 6. The van der Waals surface area contributed by atoms with Crippen LogP contribution in [0.5, 0.6) is 0 Å². The molecule has 0 unspecified atom stereocenters. The molecule has 0 saturated heterocycles. The van der Waals surface area contributed by atoms with E-state index in [4.69, 9.17) is 4.98 Å². The maximum Gasteiger partial charge on any atom is 0.0506 e. The molecule has 3 heteroatoms. The predicted octanol–water partition coefficient (Wildman–Crippen LogP) is 6.21. The number of thioether (sulfide) groups is 2. The van der Waals surface area contributed by atoms with Gasteiger partial charge in [-0.05, 0) is 37.8 Å². The van der Waals surface area contributed by atoms with Gasteiger partial charge in [-0.3, -0.25) is 4.98 Å². The molecular formula is C19H29NS2. The fourth-order valence-electron chi connectivity index (χ4n) is 3.56. The molecule has 22 heavy (non-hydrogen) atoms. The van der Waals surface area contributed by atoms with Crippen molar-refractivity contribution in [3.8, 4) is 0 Å². The summed E-state index contributed by atoms with van der Waals surface area (Å²) in [6.07, 6.45) is 14.3. The Labute approximate surface area is 144 Å². The summed E-state index contributed by atoms with van der Waals surface area (Å²) in [4.78, 5) is 4.90. The van der Waals surface area contributed by atoms with Crippen LogP contribution < -0.4 is 0 Å². The molecule has 0 spiro atoms. The zero-order valence-electron chi connectivity index (χ0n) is 13.6. The van der Waals surface area contributed by atoms with Gasteiger partial charge in [0, 0.05) is 22.0 Å². The molecule has 2 saturated carbocycles. The van der Waals surface area contributed by atoms with Crippen molar-refractivity contribution >= 4 is 23.5 Å². The Bertz CT molecular complexity index is 400. The van der Waals surface area contributed by atoms with E-state index in [-0.39, 0.29) is 0 Å². The summed E-state index contributed by atoms with van der Waals surface area (Å²) in [5.41, 5.74) is 2.58. The molecule has 0 atom stereocenters. The predicted molar refractivity (Wildman–Crippen MR) is 101 cm³/mol. The summed E-state index contributed by atoms with van der Waals surface area (Å²) in [5.74, 6) is 2.21. The fourth-order valence-corrected chi connectivity index (χ4v) is 6.03. The van der Waals surface area contributed by atoms with E-state index in [9.17, 15) is 0 Å². The summed E-state index contributed by atoms with van der Waals surface area (Å²) in [7, 11) is 0. The van der Waals surface area contributed by atoms with E-state index in [2.05, 4.69) is 41.7 Å². The largest absolute Gasteiger partial charge is 0.256 e. The molecule has 2 fully saturated rings. The van der Waals surface area contributed by atoms with Gasteiger partial charge in [0.05, 0.1) is 11.4 Å². The highest BCUT2D eigenvalue weighted by atomic mass is 32.2. The van der Waals surface area contributed by atoms with Gasteiger partial charge in [-0.25, -0.2) is 0 Å². The summed E-state index contributed by atoms with van der Waals surface area (Å²) in [6, 6.07) is 6.63. The molecule has 0 amide bonds. The molecule has 1 heterocycles. The van der Waals surface area contributed by atoms with Crippen molar-refractivity contribution in [2.45, 2.75) is 86.2 Å². The number of aromatic nitrogens is 1. The first-order valence-corrected chi connectivity index (χ1v) is 11.2. The van der Waals surface area contributed by atoms with Crippen LogP contribution in [0.3, 0.4) is 0 Å². The van der Waals surface area contributed by atoms with Crippen molar-refractivity contribution in [2.24, 2.45) is 0 Å². The van der Waals surface area contributed by atoms with E-state index in [1.54, 1.807) is 0 Å². The third-order valence-electron chi connectivity index (χ3n) is 4.90. The Hall–Kier alpha value is -0.150. The van der Waals surface area contributed by atoms with Gasteiger partial charge in [0.25, 0.3) is 0 Å². The van der Waals surface area contributed by atoms with Crippen molar-refractivity contribution in [3.05, 3.63) is 29.6 Å². The van der Waals surface area contributed by atoms with Crippen LogP contribution >= 0.6 is 23.5 Å². The van der Waals surface area contributed by atoms with Crippen molar-refractivity contribution in [1.82, 2.24) is 4.98 Å². The van der Waals surface area contributed by atoms with Crippen LogP contribution in [-0.2, 0) is 11.5 Å². The van der Waals surface area contributed by atoms with Gasteiger partial charge in [-0.2, -0.15) is 23.5 Å². The third kappa shape index (κ3) is 5.49. The molecule has 0 aliphatic heterocycles. The van der Waals surface area contributed by atoms with Gasteiger partial charge < -0.3 is 0 Å². The molecule has 1 aromatic rings. The first-order valence-electron chi connectivity index (χ1n) is 9.08. The Morgan fingerprint density at radius 2 is 1.18 bits per heavy atom. The second-order valence-corrected chi connectivity index (χ2v) is 9.34. The zero-order valence-corrected chi connectivity index (χ0v) is 15.3. The number of hydrogen-bond acceptors (Lipinski definition) is 3. The van der Waals surface area contributed by atoms with Crippen LogP contribution in [-0.4, -0.2) is 15.5 Å². The van der Waals surface area contributed by atoms with Crippen molar-refractivity contribution in [3.63, 3.8) is 0 Å². The molecule has 2 aliphatic carbocycles. The lowest BCUT2D eigenvalue weighted by Crippen LogP contribution is -2.09. The van der Waals surface area contributed by atoms with Gasteiger partial charge in [0.1, 0.15) is 0 Å². The van der Waals surface area contributed by atoms with Gasteiger partial charge >= 0.3 is 0 Å². The molecule has 1 nitrogen and oxygen atoms in total. The Morgan fingerprint density at radius 1 is 0.727 bits per heavy atom. The van der Waals surface area contributed by atoms with Gasteiger partial charge in [-0.15, -0.1) is 0 Å². The van der Waals surface area contributed by atoms with E-state index in [0.29, 0.717) is 0 Å². The van der Waals surface area contributed by atoms with E-state index in [0.717, 1.165) is 22.0 Å². The second-order valence-electron chi connectivity index (χ2n) is 6.76. The molecule has 0 bridgehead atoms. The van der Waals surface area contributed by atoms with Crippen LogP contribution in [0.4, 0.5) is 0 Å². The van der Waals surface area contributed by atoms with Crippen molar-refractivity contribution < 1.29 is 0 Å². The van der Waals surface area contributed by atoms with Gasteiger partial charge in [0.15, 0.2) is 0 Å². The lowest BCUT2D eigenvalue weighted by molar-refractivity contribution is 0.516. The number of hydrogen-bond donors (Lipinski definition) is 0. The first-order chi connectivity index (χ1) is 10.9. The Balaban J connectivity index is 1.44. The lowest BCUT2D eigenvalue weighted by Gasteiger charge is -2.21. The minimum atomic E-state index is 0.885. The molecule has 0 radical (unpaired) electrons. The molecule has 2 aliphatic rings. The third-order valence-corrected chi connectivity index (χ3v) is 7.71. The summed E-state index contributed by atoms with van der Waals surface area (Å²) in [6.45, 7) is 0. The molecule has 3 rings (SSSR count).